The molecule has 0 aliphatic rings. The zero-order valence-electron chi connectivity index (χ0n) is 14.2. The molecule has 1 N–H and O–H groups in total. The molecule has 0 saturated heterocycles. The molecule has 1 unspecified atom stereocenters. The van der Waals surface area contributed by atoms with Gasteiger partial charge in [0.2, 0.25) is 5.91 Å². The molecule has 3 rings (SSSR count). The molecule has 134 valence electrons. The van der Waals surface area contributed by atoms with E-state index in [4.69, 9.17) is 23.2 Å². The number of amides is 1. The summed E-state index contributed by atoms with van der Waals surface area (Å²) in [6.45, 7) is 1.95. The molecule has 5 nitrogen and oxygen atoms in total. The molecule has 1 atom stereocenters. The van der Waals surface area contributed by atoms with Crippen molar-refractivity contribution >= 4 is 29.1 Å². The molecule has 0 radical (unpaired) electrons. The fourth-order valence-corrected chi connectivity index (χ4v) is 3.06. The first kappa shape index (κ1) is 18.4. The Morgan fingerprint density at radius 2 is 1.96 bits per heavy atom. The lowest BCUT2D eigenvalue weighted by molar-refractivity contribution is -0.121. The van der Waals surface area contributed by atoms with E-state index in [0.29, 0.717) is 22.9 Å². The van der Waals surface area contributed by atoms with Crippen LogP contribution in [-0.2, 0) is 11.2 Å². The third kappa shape index (κ3) is 4.42. The summed E-state index contributed by atoms with van der Waals surface area (Å²) in [5, 5.41) is 8.11. The fourth-order valence-electron chi connectivity index (χ4n) is 2.64. The van der Waals surface area contributed by atoms with Gasteiger partial charge in [0, 0.05) is 6.42 Å². The van der Waals surface area contributed by atoms with Gasteiger partial charge < -0.3 is 5.32 Å². The van der Waals surface area contributed by atoms with Crippen LogP contribution in [-0.4, -0.2) is 20.7 Å². The number of carbonyl (C=O) groups is 1. The SMILES string of the molecule is CC(NC(=O)CCc1cccc(Cl)c1Cl)c1ccc(-n2cncn2)cc1. The Morgan fingerprint density at radius 1 is 1.19 bits per heavy atom. The van der Waals surface area contributed by atoms with Gasteiger partial charge in [0.05, 0.1) is 21.8 Å². The molecule has 0 spiro atoms. The zero-order valence-corrected chi connectivity index (χ0v) is 15.7. The highest BCUT2D eigenvalue weighted by molar-refractivity contribution is 6.42. The Kier molecular flexibility index (Phi) is 5.91. The van der Waals surface area contributed by atoms with Crippen molar-refractivity contribution in [3.8, 4) is 5.69 Å². The summed E-state index contributed by atoms with van der Waals surface area (Å²) in [6, 6.07) is 13.2. The Balaban J connectivity index is 1.56. The van der Waals surface area contributed by atoms with Crippen LogP contribution in [0.25, 0.3) is 5.69 Å². The van der Waals surface area contributed by atoms with E-state index in [9.17, 15) is 4.79 Å². The monoisotopic (exact) mass is 388 g/mol. The lowest BCUT2D eigenvalue weighted by atomic mass is 10.1. The summed E-state index contributed by atoms with van der Waals surface area (Å²) in [5.41, 5.74) is 2.81. The summed E-state index contributed by atoms with van der Waals surface area (Å²) in [6.07, 6.45) is 4.02. The maximum Gasteiger partial charge on any atom is 0.220 e. The molecule has 0 saturated carbocycles. The molecular formula is C19H18Cl2N4O. The van der Waals surface area contributed by atoms with E-state index in [1.165, 1.54) is 6.33 Å². The van der Waals surface area contributed by atoms with E-state index < -0.39 is 0 Å². The molecule has 0 aliphatic heterocycles. The van der Waals surface area contributed by atoms with E-state index >= 15 is 0 Å². The molecular weight excluding hydrogens is 371 g/mol. The minimum atomic E-state index is -0.0953. The van der Waals surface area contributed by atoms with E-state index in [-0.39, 0.29) is 11.9 Å². The first-order chi connectivity index (χ1) is 12.5. The number of carbonyl (C=O) groups excluding carboxylic acids is 1. The maximum absolute atomic E-state index is 12.2. The number of hydrogen-bond donors (Lipinski definition) is 1. The number of aromatic nitrogens is 3. The number of benzene rings is 2. The Bertz CT molecular complexity index is 879. The highest BCUT2D eigenvalue weighted by Crippen LogP contribution is 2.26. The molecule has 7 heteroatoms. The Labute approximate surface area is 162 Å². The van der Waals surface area contributed by atoms with Crippen LogP contribution in [0.5, 0.6) is 0 Å². The summed E-state index contributed by atoms with van der Waals surface area (Å²) >= 11 is 12.2. The van der Waals surface area contributed by atoms with Crippen LogP contribution in [0.3, 0.4) is 0 Å². The second-order valence-corrected chi connectivity index (χ2v) is 6.72. The first-order valence-electron chi connectivity index (χ1n) is 8.22. The fraction of sp³-hybridized carbons (Fsp3) is 0.211. The Hall–Kier alpha value is -2.37. The summed E-state index contributed by atoms with van der Waals surface area (Å²) in [4.78, 5) is 16.2. The zero-order chi connectivity index (χ0) is 18.5. The molecule has 1 aromatic heterocycles. The predicted molar refractivity (Wildman–Crippen MR) is 103 cm³/mol. The molecule has 1 heterocycles. The van der Waals surface area contributed by atoms with E-state index in [1.54, 1.807) is 17.1 Å². The van der Waals surface area contributed by atoms with Crippen molar-refractivity contribution < 1.29 is 4.79 Å². The predicted octanol–water partition coefficient (Wildman–Crippen LogP) is 4.38. The highest BCUT2D eigenvalue weighted by Gasteiger charge is 2.12. The van der Waals surface area contributed by atoms with Crippen LogP contribution in [0, 0.1) is 0 Å². The largest absolute Gasteiger partial charge is 0.350 e. The van der Waals surface area contributed by atoms with Gasteiger partial charge in [-0.1, -0.05) is 47.5 Å². The van der Waals surface area contributed by atoms with Crippen molar-refractivity contribution in [2.75, 3.05) is 0 Å². The normalized spacial score (nSPS) is 12.0. The summed E-state index contributed by atoms with van der Waals surface area (Å²) in [5.74, 6) is -0.0334. The summed E-state index contributed by atoms with van der Waals surface area (Å²) < 4.78 is 1.68. The van der Waals surface area contributed by atoms with Crippen LogP contribution in [0.2, 0.25) is 10.0 Å². The number of nitrogens with one attached hydrogen (secondary N) is 1. The van der Waals surface area contributed by atoms with Gasteiger partial charge in [-0.15, -0.1) is 0 Å². The highest BCUT2D eigenvalue weighted by atomic mass is 35.5. The van der Waals surface area contributed by atoms with Crippen LogP contribution in [0.1, 0.15) is 30.5 Å². The van der Waals surface area contributed by atoms with Crippen LogP contribution in [0.15, 0.2) is 55.1 Å². The summed E-state index contributed by atoms with van der Waals surface area (Å²) in [7, 11) is 0. The van der Waals surface area contributed by atoms with Crippen LogP contribution >= 0.6 is 23.2 Å². The Morgan fingerprint density at radius 3 is 2.65 bits per heavy atom. The van der Waals surface area contributed by atoms with Gasteiger partial charge in [0.15, 0.2) is 0 Å². The lowest BCUT2D eigenvalue weighted by Gasteiger charge is -2.15. The van der Waals surface area contributed by atoms with Crippen molar-refractivity contribution in [1.82, 2.24) is 20.1 Å². The van der Waals surface area contributed by atoms with Crippen molar-refractivity contribution in [2.24, 2.45) is 0 Å². The number of aryl methyl sites for hydroxylation is 1. The number of rotatable bonds is 6. The molecule has 0 fully saturated rings. The second kappa shape index (κ2) is 8.34. The van der Waals surface area contributed by atoms with Gasteiger partial charge in [-0.05, 0) is 42.7 Å². The topological polar surface area (TPSA) is 59.8 Å². The number of hydrogen-bond acceptors (Lipinski definition) is 3. The molecule has 26 heavy (non-hydrogen) atoms. The van der Waals surface area contributed by atoms with E-state index in [2.05, 4.69) is 15.4 Å². The standard InChI is InChI=1S/C19H18Cl2N4O/c1-13(14-5-8-16(9-6-14)25-12-22-11-23-25)24-18(26)10-7-15-3-2-4-17(20)19(15)21/h2-6,8-9,11-13H,7,10H2,1H3,(H,24,26). The molecule has 2 aromatic carbocycles. The van der Waals surface area contributed by atoms with Gasteiger partial charge in [0.1, 0.15) is 12.7 Å². The maximum atomic E-state index is 12.2. The third-order valence-corrected chi connectivity index (χ3v) is 4.96. The lowest BCUT2D eigenvalue weighted by Crippen LogP contribution is -2.26. The number of nitrogens with zero attached hydrogens (tertiary/aromatic N) is 3. The smallest absolute Gasteiger partial charge is 0.220 e. The van der Waals surface area contributed by atoms with Gasteiger partial charge in [-0.2, -0.15) is 5.10 Å². The van der Waals surface area contributed by atoms with Crippen molar-refractivity contribution in [2.45, 2.75) is 25.8 Å². The van der Waals surface area contributed by atoms with E-state index in [1.807, 2.05) is 43.3 Å². The third-order valence-electron chi connectivity index (χ3n) is 4.11. The first-order valence-corrected chi connectivity index (χ1v) is 8.97. The number of halogens is 2. The van der Waals surface area contributed by atoms with Gasteiger partial charge in [-0.25, -0.2) is 9.67 Å². The van der Waals surface area contributed by atoms with Crippen molar-refractivity contribution in [3.63, 3.8) is 0 Å². The van der Waals surface area contributed by atoms with Gasteiger partial charge >= 0.3 is 0 Å². The van der Waals surface area contributed by atoms with Gasteiger partial charge in [-0.3, -0.25) is 4.79 Å². The quantitative estimate of drug-likeness (QED) is 0.681. The van der Waals surface area contributed by atoms with Crippen LogP contribution < -0.4 is 5.32 Å². The second-order valence-electron chi connectivity index (χ2n) is 5.93. The van der Waals surface area contributed by atoms with Crippen LogP contribution in [0.4, 0.5) is 0 Å². The van der Waals surface area contributed by atoms with Crippen molar-refractivity contribution in [1.29, 1.82) is 0 Å². The minimum Gasteiger partial charge on any atom is -0.350 e. The minimum absolute atomic E-state index is 0.0334. The molecule has 0 aliphatic carbocycles. The van der Waals surface area contributed by atoms with Gasteiger partial charge in [0.25, 0.3) is 0 Å². The average molecular weight is 389 g/mol. The molecule has 1 amide bonds. The average Bonchev–Trinajstić information content (AvgIpc) is 3.18. The molecule has 0 bridgehead atoms. The van der Waals surface area contributed by atoms with E-state index in [0.717, 1.165) is 16.8 Å². The molecule has 3 aromatic rings. The van der Waals surface area contributed by atoms with Crippen molar-refractivity contribution in [3.05, 3.63) is 76.3 Å².